The van der Waals surface area contributed by atoms with Gasteiger partial charge in [0.1, 0.15) is 5.82 Å². The summed E-state index contributed by atoms with van der Waals surface area (Å²) in [6, 6.07) is 8.36. The zero-order valence-electron chi connectivity index (χ0n) is 21.5. The Balaban J connectivity index is 1.18. The van der Waals surface area contributed by atoms with Crippen molar-refractivity contribution in [1.29, 1.82) is 0 Å². The van der Waals surface area contributed by atoms with E-state index in [-0.39, 0.29) is 5.92 Å². The number of likely N-dealkylation sites (N-methyl/N-ethyl adjacent to an activating group) is 1. The third-order valence-electron chi connectivity index (χ3n) is 6.67. The minimum Gasteiger partial charge on any atom is -0.383 e. The second-order valence-corrected chi connectivity index (χ2v) is 10.2. The van der Waals surface area contributed by atoms with Crippen molar-refractivity contribution in [1.82, 2.24) is 25.0 Å². The summed E-state index contributed by atoms with van der Waals surface area (Å²) in [6.45, 7) is 4.36. The van der Waals surface area contributed by atoms with Crippen LogP contribution in [0.25, 0.3) is 10.9 Å². The van der Waals surface area contributed by atoms with Crippen LogP contribution in [0.3, 0.4) is 0 Å². The molecule has 0 spiro atoms. The molecule has 9 nitrogen and oxygen atoms in total. The van der Waals surface area contributed by atoms with Crippen molar-refractivity contribution in [2.75, 3.05) is 38.2 Å². The SMILES string of the molecule is C[C@@H](CCCc1ccc2c(cnn2CCN(C)C)c1)CNC(=O)C(=O)Nc1cnc(N)c(C2CC2)c1. The van der Waals surface area contributed by atoms with Crippen LogP contribution in [0.1, 0.15) is 49.7 Å². The number of anilines is 2. The van der Waals surface area contributed by atoms with Gasteiger partial charge in [-0.1, -0.05) is 13.0 Å². The highest BCUT2D eigenvalue weighted by atomic mass is 16.2. The molecule has 0 radical (unpaired) electrons. The Morgan fingerprint density at radius 2 is 2.00 bits per heavy atom. The maximum absolute atomic E-state index is 12.3. The lowest BCUT2D eigenvalue weighted by atomic mass is 10.0. The molecule has 2 amide bonds. The number of aromatic nitrogens is 3. The van der Waals surface area contributed by atoms with E-state index in [0.29, 0.717) is 24.0 Å². The van der Waals surface area contributed by atoms with Gasteiger partial charge in [0.05, 0.1) is 30.1 Å². The lowest BCUT2D eigenvalue weighted by molar-refractivity contribution is -0.136. The van der Waals surface area contributed by atoms with E-state index in [1.165, 1.54) is 11.8 Å². The van der Waals surface area contributed by atoms with Crippen LogP contribution in [-0.4, -0.2) is 58.7 Å². The number of nitrogen functional groups attached to an aromatic ring is 1. The van der Waals surface area contributed by atoms with Gasteiger partial charge in [-0.05, 0) is 87.4 Å². The first-order chi connectivity index (χ1) is 17.3. The van der Waals surface area contributed by atoms with Crippen LogP contribution in [0.5, 0.6) is 0 Å². The number of aryl methyl sites for hydroxylation is 1. The van der Waals surface area contributed by atoms with Gasteiger partial charge >= 0.3 is 11.8 Å². The van der Waals surface area contributed by atoms with Gasteiger partial charge in [0, 0.05) is 18.5 Å². The van der Waals surface area contributed by atoms with Crippen molar-refractivity contribution in [3.05, 3.63) is 47.8 Å². The standard InChI is InChI=1S/C27H37N7O2/c1-18(5-4-6-19-7-10-24-21(13-19)16-31-34(24)12-11-33(2)3)15-30-26(35)27(36)32-22-14-23(20-8-9-20)25(28)29-17-22/h7,10,13-14,16-18,20H,4-6,8-9,11-12,15H2,1-3H3,(H2,28,29)(H,30,35)(H,32,36)/t18-/m0/s1. The number of benzene rings is 1. The number of nitrogens with two attached hydrogens (primary N) is 1. The Labute approximate surface area is 212 Å². The van der Waals surface area contributed by atoms with Gasteiger partial charge in [-0.3, -0.25) is 14.3 Å². The molecular weight excluding hydrogens is 454 g/mol. The molecule has 1 atom stereocenters. The van der Waals surface area contributed by atoms with Crippen LogP contribution in [0.2, 0.25) is 0 Å². The number of fused-ring (bicyclic) bond motifs is 1. The van der Waals surface area contributed by atoms with E-state index in [4.69, 9.17) is 5.73 Å². The maximum Gasteiger partial charge on any atom is 0.313 e. The highest BCUT2D eigenvalue weighted by Gasteiger charge is 2.27. The van der Waals surface area contributed by atoms with Crippen molar-refractivity contribution in [2.24, 2.45) is 5.92 Å². The van der Waals surface area contributed by atoms with Gasteiger partial charge in [0.2, 0.25) is 0 Å². The fourth-order valence-corrected chi connectivity index (χ4v) is 4.34. The molecule has 2 aromatic heterocycles. The van der Waals surface area contributed by atoms with E-state index >= 15 is 0 Å². The molecule has 4 N–H and O–H groups in total. The van der Waals surface area contributed by atoms with Gasteiger partial charge in [0.25, 0.3) is 0 Å². The fourth-order valence-electron chi connectivity index (χ4n) is 4.34. The van der Waals surface area contributed by atoms with Crippen LogP contribution < -0.4 is 16.4 Å². The number of amides is 2. The first-order valence-electron chi connectivity index (χ1n) is 12.7. The molecule has 192 valence electrons. The van der Waals surface area contributed by atoms with Gasteiger partial charge in [-0.25, -0.2) is 4.98 Å². The minimum atomic E-state index is -0.685. The molecule has 1 saturated carbocycles. The summed E-state index contributed by atoms with van der Waals surface area (Å²) in [6.07, 6.45) is 8.51. The van der Waals surface area contributed by atoms with E-state index in [9.17, 15) is 9.59 Å². The van der Waals surface area contributed by atoms with Crippen LogP contribution in [0.4, 0.5) is 11.5 Å². The maximum atomic E-state index is 12.3. The molecule has 0 bridgehead atoms. The fraction of sp³-hybridized carbons (Fsp3) is 0.481. The van der Waals surface area contributed by atoms with Gasteiger partial charge in [0.15, 0.2) is 0 Å². The summed E-state index contributed by atoms with van der Waals surface area (Å²) in [4.78, 5) is 30.9. The number of hydrogen-bond donors (Lipinski definition) is 3. The molecule has 4 rings (SSSR count). The third-order valence-corrected chi connectivity index (χ3v) is 6.67. The van der Waals surface area contributed by atoms with Crippen LogP contribution in [0.15, 0.2) is 36.7 Å². The Bertz CT molecular complexity index is 1220. The smallest absolute Gasteiger partial charge is 0.313 e. The average Bonchev–Trinajstić information content (AvgIpc) is 3.62. The first-order valence-corrected chi connectivity index (χ1v) is 12.7. The van der Waals surface area contributed by atoms with Gasteiger partial charge in [-0.15, -0.1) is 0 Å². The lowest BCUT2D eigenvalue weighted by Gasteiger charge is -2.13. The van der Waals surface area contributed by atoms with Crippen molar-refractivity contribution in [3.63, 3.8) is 0 Å². The number of carbonyl (C=O) groups excluding carboxylic acids is 2. The second-order valence-electron chi connectivity index (χ2n) is 10.2. The summed E-state index contributed by atoms with van der Waals surface area (Å²) in [5.41, 5.74) is 9.81. The number of pyridine rings is 1. The molecule has 2 heterocycles. The normalized spacial score (nSPS) is 14.2. The Kier molecular flexibility index (Phi) is 8.20. The second kappa shape index (κ2) is 11.5. The Morgan fingerprint density at radius 1 is 1.19 bits per heavy atom. The topological polar surface area (TPSA) is 118 Å². The van der Waals surface area contributed by atoms with Crippen molar-refractivity contribution >= 4 is 34.2 Å². The first kappa shape index (κ1) is 25.6. The summed E-state index contributed by atoms with van der Waals surface area (Å²) in [5.74, 6) is -0.155. The Morgan fingerprint density at radius 3 is 2.75 bits per heavy atom. The molecular formula is C27H37N7O2. The predicted octanol–water partition coefficient (Wildman–Crippen LogP) is 3.17. The summed E-state index contributed by atoms with van der Waals surface area (Å²) in [7, 11) is 4.13. The van der Waals surface area contributed by atoms with Crippen molar-refractivity contribution < 1.29 is 9.59 Å². The zero-order valence-corrected chi connectivity index (χ0v) is 21.5. The van der Waals surface area contributed by atoms with Crippen LogP contribution in [0, 0.1) is 5.92 Å². The minimum absolute atomic E-state index is 0.263. The summed E-state index contributed by atoms with van der Waals surface area (Å²) in [5, 5.41) is 11.1. The van der Waals surface area contributed by atoms with Gasteiger partial charge in [-0.2, -0.15) is 5.10 Å². The molecule has 0 aliphatic heterocycles. The molecule has 36 heavy (non-hydrogen) atoms. The van der Waals surface area contributed by atoms with Crippen molar-refractivity contribution in [3.8, 4) is 0 Å². The van der Waals surface area contributed by atoms with E-state index in [2.05, 4.69) is 69.5 Å². The van der Waals surface area contributed by atoms with Crippen LogP contribution in [-0.2, 0) is 22.6 Å². The number of nitrogens with zero attached hydrogens (tertiary/aromatic N) is 4. The van der Waals surface area contributed by atoms with E-state index in [1.54, 1.807) is 0 Å². The number of hydrogen-bond acceptors (Lipinski definition) is 6. The zero-order chi connectivity index (χ0) is 25.7. The molecule has 1 aromatic carbocycles. The van der Waals surface area contributed by atoms with E-state index in [1.807, 2.05) is 12.3 Å². The predicted molar refractivity (Wildman–Crippen MR) is 143 cm³/mol. The Hall–Kier alpha value is -3.46. The molecule has 1 aliphatic carbocycles. The lowest BCUT2D eigenvalue weighted by Crippen LogP contribution is -2.37. The number of rotatable bonds is 11. The quantitative estimate of drug-likeness (QED) is 0.355. The van der Waals surface area contributed by atoms with Crippen molar-refractivity contribution in [2.45, 2.75) is 51.5 Å². The number of nitrogens with one attached hydrogen (secondary N) is 2. The van der Waals surface area contributed by atoms with Gasteiger partial charge < -0.3 is 21.3 Å². The number of carbonyl (C=O) groups is 2. The highest BCUT2D eigenvalue weighted by molar-refractivity contribution is 6.39. The average molecular weight is 492 g/mol. The summed E-state index contributed by atoms with van der Waals surface area (Å²) >= 11 is 0. The molecule has 0 saturated heterocycles. The monoisotopic (exact) mass is 491 g/mol. The molecule has 1 fully saturated rings. The third kappa shape index (κ3) is 6.81. The molecule has 3 aromatic rings. The van der Waals surface area contributed by atoms with E-state index in [0.717, 1.165) is 61.7 Å². The van der Waals surface area contributed by atoms with E-state index < -0.39 is 11.8 Å². The highest BCUT2D eigenvalue weighted by Crippen LogP contribution is 2.42. The van der Waals surface area contributed by atoms with Crippen LogP contribution >= 0.6 is 0 Å². The molecule has 1 aliphatic rings. The summed E-state index contributed by atoms with van der Waals surface area (Å²) < 4.78 is 2.05. The molecule has 9 heteroatoms. The molecule has 0 unspecified atom stereocenters. The largest absolute Gasteiger partial charge is 0.383 e.